The van der Waals surface area contributed by atoms with Crippen LogP contribution in [0.2, 0.25) is 0 Å². The maximum atomic E-state index is 13.5. The van der Waals surface area contributed by atoms with Crippen molar-refractivity contribution in [1.29, 1.82) is 5.41 Å². The molecule has 34 heavy (non-hydrogen) atoms. The van der Waals surface area contributed by atoms with E-state index in [0.29, 0.717) is 28.7 Å². The molecule has 0 saturated heterocycles. The fourth-order valence-corrected chi connectivity index (χ4v) is 5.25. The van der Waals surface area contributed by atoms with Crippen LogP contribution < -0.4 is 5.32 Å². The van der Waals surface area contributed by atoms with E-state index in [9.17, 15) is 8.94 Å². The van der Waals surface area contributed by atoms with Crippen molar-refractivity contribution in [2.45, 2.75) is 44.6 Å². The molecule has 10 heteroatoms. The first kappa shape index (κ1) is 22.5. The van der Waals surface area contributed by atoms with Gasteiger partial charge in [-0.1, -0.05) is 0 Å². The van der Waals surface area contributed by atoms with Crippen molar-refractivity contribution in [2.75, 3.05) is 11.6 Å². The van der Waals surface area contributed by atoms with Gasteiger partial charge in [0.2, 0.25) is 0 Å². The Kier molecular flexibility index (Phi) is 5.86. The Morgan fingerprint density at radius 1 is 1.21 bits per heavy atom. The lowest BCUT2D eigenvalue weighted by molar-refractivity contribution is 0.571. The van der Waals surface area contributed by atoms with Crippen molar-refractivity contribution >= 4 is 34.9 Å². The molecule has 5 rings (SSSR count). The highest BCUT2D eigenvalue weighted by atomic mass is 32.2. The number of fused-ring (bicyclic) bond motifs is 1. The van der Waals surface area contributed by atoms with Crippen LogP contribution in [-0.4, -0.2) is 42.4 Å². The van der Waals surface area contributed by atoms with E-state index in [1.54, 1.807) is 35.4 Å². The summed E-state index contributed by atoms with van der Waals surface area (Å²) in [6, 6.07) is 6.30. The second-order valence-corrected chi connectivity index (χ2v) is 10.0. The number of anilines is 1. The minimum atomic E-state index is -1.18. The van der Waals surface area contributed by atoms with Gasteiger partial charge in [-0.05, 0) is 68.0 Å². The molecule has 176 valence electrons. The Hall–Kier alpha value is -3.24. The second kappa shape index (κ2) is 8.84. The summed E-state index contributed by atoms with van der Waals surface area (Å²) in [4.78, 5) is 5.31. The number of hydrogen-bond acceptors (Lipinski definition) is 5. The average Bonchev–Trinajstić information content (AvgIpc) is 3.45. The third-order valence-electron chi connectivity index (χ3n) is 6.07. The van der Waals surface area contributed by atoms with Crippen LogP contribution in [0.4, 0.5) is 10.2 Å². The van der Waals surface area contributed by atoms with Gasteiger partial charge < -0.3 is 9.87 Å². The maximum absolute atomic E-state index is 13.5. The smallest absolute Gasteiger partial charge is 0.196 e. The summed E-state index contributed by atoms with van der Waals surface area (Å²) in [6.07, 6.45) is 7.83. The molecule has 1 unspecified atom stereocenters. The van der Waals surface area contributed by atoms with Crippen molar-refractivity contribution in [1.82, 2.24) is 19.6 Å². The van der Waals surface area contributed by atoms with Crippen LogP contribution in [0.25, 0.3) is 17.1 Å². The van der Waals surface area contributed by atoms with E-state index in [2.05, 4.69) is 15.4 Å². The Morgan fingerprint density at radius 3 is 2.59 bits per heavy atom. The van der Waals surface area contributed by atoms with Gasteiger partial charge in [-0.2, -0.15) is 10.2 Å². The molecule has 0 bridgehead atoms. The van der Waals surface area contributed by atoms with Crippen molar-refractivity contribution in [3.05, 3.63) is 53.1 Å². The number of amidine groups is 1. The van der Waals surface area contributed by atoms with Crippen molar-refractivity contribution in [2.24, 2.45) is 10.9 Å². The number of halogens is 1. The first-order chi connectivity index (χ1) is 16.3. The molecule has 1 fully saturated rings. The topological polar surface area (TPSA) is 107 Å². The van der Waals surface area contributed by atoms with E-state index in [0.717, 1.165) is 34.9 Å². The summed E-state index contributed by atoms with van der Waals surface area (Å²) in [7, 11) is 0. The minimum Gasteiger partial charge on any atom is -0.612 e. The van der Waals surface area contributed by atoms with E-state index in [1.165, 1.54) is 25.0 Å². The highest BCUT2D eigenvalue weighted by Gasteiger charge is 2.27. The van der Waals surface area contributed by atoms with Gasteiger partial charge in [-0.3, -0.25) is 5.41 Å². The summed E-state index contributed by atoms with van der Waals surface area (Å²) in [6.45, 7) is 4.44. The van der Waals surface area contributed by atoms with Gasteiger partial charge in [0.25, 0.3) is 0 Å². The Bertz CT molecular complexity index is 1320. The van der Waals surface area contributed by atoms with E-state index in [-0.39, 0.29) is 11.7 Å². The predicted molar refractivity (Wildman–Crippen MR) is 132 cm³/mol. The summed E-state index contributed by atoms with van der Waals surface area (Å²) in [5.41, 5.74) is 3.88. The van der Waals surface area contributed by atoms with Crippen LogP contribution in [0.5, 0.6) is 0 Å². The summed E-state index contributed by atoms with van der Waals surface area (Å²) < 4.78 is 29.3. The molecule has 0 spiro atoms. The van der Waals surface area contributed by atoms with Crippen LogP contribution in [0.15, 0.2) is 40.2 Å². The van der Waals surface area contributed by atoms with Gasteiger partial charge in [0.1, 0.15) is 29.4 Å². The fourth-order valence-electron chi connectivity index (χ4n) is 4.29. The number of aromatic nitrogens is 4. The number of nitrogens with one attached hydrogen (secondary N) is 2. The highest BCUT2D eigenvalue weighted by Crippen LogP contribution is 2.35. The molecule has 8 nitrogen and oxygen atoms in total. The van der Waals surface area contributed by atoms with E-state index in [1.807, 2.05) is 18.5 Å². The van der Waals surface area contributed by atoms with Crippen LogP contribution >= 0.6 is 0 Å². The van der Waals surface area contributed by atoms with Gasteiger partial charge in [0.15, 0.2) is 10.7 Å². The van der Waals surface area contributed by atoms with Gasteiger partial charge in [-0.25, -0.2) is 18.7 Å². The number of rotatable bonds is 5. The molecule has 2 aromatic heterocycles. The lowest BCUT2D eigenvalue weighted by Crippen LogP contribution is -2.15. The first-order valence-electron chi connectivity index (χ1n) is 11.2. The zero-order valence-corrected chi connectivity index (χ0v) is 20.1. The van der Waals surface area contributed by atoms with E-state index < -0.39 is 11.2 Å². The maximum Gasteiger partial charge on any atom is 0.196 e. The Labute approximate surface area is 200 Å². The molecule has 0 radical (unpaired) electrons. The van der Waals surface area contributed by atoms with Crippen molar-refractivity contribution < 1.29 is 8.94 Å². The summed E-state index contributed by atoms with van der Waals surface area (Å²) in [5.74, 6) is 1.64. The minimum absolute atomic E-state index is 0.143. The monoisotopic (exact) mass is 479 g/mol. The number of aryl methyl sites for hydroxylation is 1. The molecule has 2 N–H and O–H groups in total. The van der Waals surface area contributed by atoms with Crippen LogP contribution in [-0.2, 0) is 24.1 Å². The fraction of sp³-hybridized carbons (Fsp3) is 0.333. The van der Waals surface area contributed by atoms with Gasteiger partial charge in [0, 0.05) is 36.4 Å². The van der Waals surface area contributed by atoms with Crippen LogP contribution in [0.1, 0.15) is 29.8 Å². The van der Waals surface area contributed by atoms with Crippen LogP contribution in [0.3, 0.4) is 0 Å². The van der Waals surface area contributed by atoms with Crippen molar-refractivity contribution in [3.8, 4) is 11.3 Å². The second-order valence-electron chi connectivity index (χ2n) is 8.73. The molecule has 1 aliphatic carbocycles. The normalized spacial score (nSPS) is 19.3. The molecule has 1 aromatic carbocycles. The summed E-state index contributed by atoms with van der Waals surface area (Å²) >= 11 is -1.18. The molecule has 1 saturated carbocycles. The molecule has 3 aromatic rings. The zero-order chi connectivity index (χ0) is 24.0. The quantitative estimate of drug-likeness (QED) is 0.536. The van der Waals surface area contributed by atoms with Gasteiger partial charge >= 0.3 is 0 Å². The molecule has 1 aliphatic heterocycles. The average molecular weight is 480 g/mol. The van der Waals surface area contributed by atoms with E-state index >= 15 is 0 Å². The van der Waals surface area contributed by atoms with Gasteiger partial charge in [0.05, 0.1) is 11.4 Å². The standard InChI is InChI=1S/C24H26FN7OS/c1-14-23(34(3)33)15(2)32(29-14)21-12-20(26)28-24-19(10-11-27-21)22(17-6-8-18(25)9-7-17)30-31(24)13-16-4-5-16/h6-9,11-12,16H,4-5,10,13H2,1-3H3,(H2,26,28)/b21-12+,27-11-. The largest absolute Gasteiger partial charge is 0.612 e. The van der Waals surface area contributed by atoms with Crippen LogP contribution in [0, 0.1) is 31.0 Å². The summed E-state index contributed by atoms with van der Waals surface area (Å²) in [5, 5.41) is 21.2. The van der Waals surface area contributed by atoms with E-state index in [4.69, 9.17) is 10.5 Å². The molecule has 1 atom stereocenters. The SMILES string of the molecule is Cc1nn(C2=C/C(=N)Nc3c(c(-c4ccc(F)cc4)nn3CC3CC3)C/C=N\2)c(C)c1[S+](C)[O-]. The Morgan fingerprint density at radius 2 is 1.94 bits per heavy atom. The molecule has 3 heterocycles. The number of aliphatic imine (C=N–C) groups is 1. The predicted octanol–water partition coefficient (Wildman–Crippen LogP) is 4.16. The highest BCUT2D eigenvalue weighted by molar-refractivity contribution is 7.90. The number of nitrogens with zero attached hydrogens (tertiary/aromatic N) is 5. The Balaban J connectivity index is 1.57. The van der Waals surface area contributed by atoms with Crippen molar-refractivity contribution in [3.63, 3.8) is 0 Å². The lowest BCUT2D eigenvalue weighted by atomic mass is 10.1. The van der Waals surface area contributed by atoms with Gasteiger partial charge in [-0.15, -0.1) is 0 Å². The zero-order valence-electron chi connectivity index (χ0n) is 19.3. The number of hydrogen-bond donors (Lipinski definition) is 2. The molecular formula is C24H26FN7OS. The third kappa shape index (κ3) is 4.30. The number of benzene rings is 1. The third-order valence-corrected chi connectivity index (χ3v) is 7.24. The first-order valence-corrected chi connectivity index (χ1v) is 12.7. The lowest BCUT2D eigenvalue weighted by Gasteiger charge is -2.10. The molecule has 0 amide bonds. The molecular weight excluding hydrogens is 453 g/mol. The molecule has 2 aliphatic rings.